The van der Waals surface area contributed by atoms with E-state index in [4.69, 9.17) is 4.42 Å². The number of piperidine rings is 1. The molecule has 0 amide bonds. The van der Waals surface area contributed by atoms with Gasteiger partial charge in [0.15, 0.2) is 0 Å². The summed E-state index contributed by atoms with van der Waals surface area (Å²) in [5, 5.41) is 4.62. The van der Waals surface area contributed by atoms with E-state index in [0.29, 0.717) is 12.1 Å². The van der Waals surface area contributed by atoms with E-state index in [1.54, 1.807) is 0 Å². The Hall–Kier alpha value is -1.32. The van der Waals surface area contributed by atoms with Crippen LogP contribution in [-0.4, -0.2) is 30.6 Å². The van der Waals surface area contributed by atoms with Crippen molar-refractivity contribution in [3.63, 3.8) is 0 Å². The van der Waals surface area contributed by atoms with E-state index in [-0.39, 0.29) is 6.04 Å². The molecule has 0 aliphatic carbocycles. The number of furan rings is 1. The molecule has 1 fully saturated rings. The van der Waals surface area contributed by atoms with E-state index in [0.717, 1.165) is 17.9 Å². The van der Waals surface area contributed by atoms with Crippen LogP contribution in [0.5, 0.6) is 0 Å². The van der Waals surface area contributed by atoms with Gasteiger partial charge in [0, 0.05) is 24.0 Å². The Labute approximate surface area is 127 Å². The van der Waals surface area contributed by atoms with Crippen LogP contribution in [0.15, 0.2) is 34.7 Å². The molecule has 3 atom stereocenters. The van der Waals surface area contributed by atoms with Crippen LogP contribution < -0.4 is 5.32 Å². The van der Waals surface area contributed by atoms with Gasteiger partial charge in [-0.1, -0.05) is 24.6 Å². The molecule has 0 saturated carbocycles. The van der Waals surface area contributed by atoms with Crippen molar-refractivity contribution < 1.29 is 4.42 Å². The maximum atomic E-state index is 6.04. The molecule has 3 heteroatoms. The van der Waals surface area contributed by atoms with Crippen molar-refractivity contribution in [3.05, 3.63) is 36.1 Å². The van der Waals surface area contributed by atoms with Gasteiger partial charge in [-0.05, 0) is 45.9 Å². The van der Waals surface area contributed by atoms with Gasteiger partial charge < -0.3 is 9.73 Å². The summed E-state index contributed by atoms with van der Waals surface area (Å²) in [6.45, 7) is 5.71. The van der Waals surface area contributed by atoms with E-state index in [1.807, 2.05) is 19.2 Å². The molecule has 1 aliphatic rings. The molecule has 0 bridgehead atoms. The van der Waals surface area contributed by atoms with Crippen molar-refractivity contribution in [1.82, 2.24) is 10.2 Å². The summed E-state index contributed by atoms with van der Waals surface area (Å²) < 4.78 is 6.04. The molecule has 1 aromatic heterocycles. The number of para-hydroxylation sites is 1. The fourth-order valence-electron chi connectivity index (χ4n) is 3.54. The first-order valence-electron chi connectivity index (χ1n) is 8.10. The van der Waals surface area contributed by atoms with E-state index in [1.165, 1.54) is 24.6 Å². The lowest BCUT2D eigenvalue weighted by Gasteiger charge is -2.40. The smallest absolute Gasteiger partial charge is 0.134 e. The zero-order valence-corrected chi connectivity index (χ0v) is 13.3. The second-order valence-corrected chi connectivity index (χ2v) is 6.35. The van der Waals surface area contributed by atoms with E-state index < -0.39 is 0 Å². The number of nitrogens with zero attached hydrogens (tertiary/aromatic N) is 1. The zero-order chi connectivity index (χ0) is 14.8. The Kier molecular flexibility index (Phi) is 4.32. The Morgan fingerprint density at radius 3 is 2.62 bits per heavy atom. The van der Waals surface area contributed by atoms with Crippen LogP contribution in [0, 0.1) is 0 Å². The first kappa shape index (κ1) is 14.6. The van der Waals surface area contributed by atoms with E-state index in [2.05, 4.69) is 42.3 Å². The number of hydrogen-bond acceptors (Lipinski definition) is 3. The molecule has 2 aromatic rings. The third kappa shape index (κ3) is 2.99. The van der Waals surface area contributed by atoms with Crippen LogP contribution in [0.25, 0.3) is 11.0 Å². The highest BCUT2D eigenvalue weighted by Crippen LogP contribution is 2.28. The van der Waals surface area contributed by atoms with Crippen molar-refractivity contribution in [1.29, 1.82) is 0 Å². The number of likely N-dealkylation sites (tertiary alicyclic amines) is 1. The fraction of sp³-hybridized carbons (Fsp3) is 0.556. The van der Waals surface area contributed by atoms with Gasteiger partial charge in [-0.2, -0.15) is 0 Å². The first-order chi connectivity index (χ1) is 10.2. The van der Waals surface area contributed by atoms with Gasteiger partial charge in [-0.15, -0.1) is 0 Å². The molecule has 0 spiro atoms. The summed E-state index contributed by atoms with van der Waals surface area (Å²) in [5.41, 5.74) is 0.979. The average Bonchev–Trinajstić information content (AvgIpc) is 2.90. The lowest BCUT2D eigenvalue weighted by Crippen LogP contribution is -2.47. The normalized spacial score (nSPS) is 25.3. The minimum absolute atomic E-state index is 0.250. The van der Waals surface area contributed by atoms with Gasteiger partial charge in [0.2, 0.25) is 0 Å². The highest BCUT2D eigenvalue weighted by atomic mass is 16.3. The lowest BCUT2D eigenvalue weighted by molar-refractivity contribution is 0.0890. The molecule has 1 N–H and O–H groups in total. The summed E-state index contributed by atoms with van der Waals surface area (Å²) in [6.07, 6.45) is 3.97. The zero-order valence-electron chi connectivity index (χ0n) is 13.3. The first-order valence-corrected chi connectivity index (χ1v) is 8.10. The minimum Gasteiger partial charge on any atom is -0.459 e. The summed E-state index contributed by atoms with van der Waals surface area (Å²) in [4.78, 5) is 2.62. The molecule has 3 unspecified atom stereocenters. The number of hydrogen-bond donors (Lipinski definition) is 1. The van der Waals surface area contributed by atoms with Crippen LogP contribution in [-0.2, 0) is 0 Å². The molecule has 0 radical (unpaired) electrons. The third-order valence-corrected chi connectivity index (χ3v) is 4.91. The molecular weight excluding hydrogens is 260 g/mol. The molecule has 2 heterocycles. The number of rotatable bonds is 4. The molecule has 3 nitrogen and oxygen atoms in total. The molecule has 114 valence electrons. The Balaban J connectivity index is 1.80. The average molecular weight is 286 g/mol. The van der Waals surface area contributed by atoms with Crippen LogP contribution in [0.1, 0.15) is 44.9 Å². The summed E-state index contributed by atoms with van der Waals surface area (Å²) in [6, 6.07) is 12.0. The Morgan fingerprint density at radius 1 is 1.24 bits per heavy atom. The van der Waals surface area contributed by atoms with Crippen LogP contribution in [0.2, 0.25) is 0 Å². The molecule has 1 aliphatic heterocycles. The van der Waals surface area contributed by atoms with E-state index in [9.17, 15) is 0 Å². The predicted molar refractivity (Wildman–Crippen MR) is 87.5 cm³/mol. The van der Waals surface area contributed by atoms with Gasteiger partial charge in [-0.3, -0.25) is 4.90 Å². The number of likely N-dealkylation sites (N-methyl/N-ethyl adjacent to an activating group) is 1. The molecule has 1 aromatic carbocycles. The minimum atomic E-state index is 0.250. The number of benzene rings is 1. The Morgan fingerprint density at radius 2 is 1.95 bits per heavy atom. The van der Waals surface area contributed by atoms with Crippen molar-refractivity contribution in [2.75, 3.05) is 13.6 Å². The van der Waals surface area contributed by atoms with E-state index >= 15 is 0 Å². The third-order valence-electron chi connectivity index (χ3n) is 4.91. The topological polar surface area (TPSA) is 28.4 Å². The maximum Gasteiger partial charge on any atom is 0.134 e. The second kappa shape index (κ2) is 6.20. The largest absolute Gasteiger partial charge is 0.459 e. The van der Waals surface area contributed by atoms with Gasteiger partial charge in [0.25, 0.3) is 0 Å². The van der Waals surface area contributed by atoms with Crippen LogP contribution in [0.4, 0.5) is 0 Å². The van der Waals surface area contributed by atoms with Crippen molar-refractivity contribution in [2.24, 2.45) is 0 Å². The number of fused-ring (bicyclic) bond motifs is 1. The molecule has 1 saturated heterocycles. The van der Waals surface area contributed by atoms with Gasteiger partial charge in [0.1, 0.15) is 11.3 Å². The molecular formula is C18H26N2O. The second-order valence-electron chi connectivity index (χ2n) is 6.35. The number of nitrogens with one attached hydrogen (secondary N) is 1. The maximum absolute atomic E-state index is 6.04. The van der Waals surface area contributed by atoms with Gasteiger partial charge in [0.05, 0.1) is 6.04 Å². The van der Waals surface area contributed by atoms with Crippen molar-refractivity contribution in [2.45, 2.75) is 51.2 Å². The SMILES string of the molecule is CNC(CN1C(C)CCCC1C)c1cc2ccccc2o1. The van der Waals surface area contributed by atoms with Crippen molar-refractivity contribution in [3.8, 4) is 0 Å². The van der Waals surface area contributed by atoms with Crippen molar-refractivity contribution >= 4 is 11.0 Å². The highest BCUT2D eigenvalue weighted by molar-refractivity contribution is 5.77. The van der Waals surface area contributed by atoms with Gasteiger partial charge in [-0.25, -0.2) is 0 Å². The monoisotopic (exact) mass is 286 g/mol. The Bertz CT molecular complexity index is 549. The molecule has 21 heavy (non-hydrogen) atoms. The molecule has 3 rings (SSSR count). The summed E-state index contributed by atoms with van der Waals surface area (Å²) >= 11 is 0. The standard InChI is InChI=1S/C18H26N2O/c1-13-7-6-8-14(2)20(13)12-16(19-3)18-11-15-9-4-5-10-17(15)21-18/h4-5,9-11,13-14,16,19H,6-8,12H2,1-3H3. The summed E-state index contributed by atoms with van der Waals surface area (Å²) in [5.74, 6) is 1.05. The quantitative estimate of drug-likeness (QED) is 0.922. The fourth-order valence-corrected chi connectivity index (χ4v) is 3.54. The highest BCUT2D eigenvalue weighted by Gasteiger charge is 2.28. The van der Waals surface area contributed by atoms with Crippen LogP contribution in [0.3, 0.4) is 0 Å². The lowest BCUT2D eigenvalue weighted by atomic mass is 9.96. The van der Waals surface area contributed by atoms with Crippen LogP contribution >= 0.6 is 0 Å². The van der Waals surface area contributed by atoms with Gasteiger partial charge >= 0.3 is 0 Å². The summed E-state index contributed by atoms with van der Waals surface area (Å²) in [7, 11) is 2.02. The predicted octanol–water partition coefficient (Wildman–Crippen LogP) is 3.96.